The Kier molecular flexibility index (Phi) is 8.67. The van der Waals surface area contributed by atoms with Crippen LogP contribution in [-0.4, -0.2) is 43.3 Å². The van der Waals surface area contributed by atoms with Gasteiger partial charge in [0.15, 0.2) is 0 Å². The van der Waals surface area contributed by atoms with Gasteiger partial charge in [-0.2, -0.15) is 0 Å². The van der Waals surface area contributed by atoms with E-state index in [0.717, 1.165) is 13.2 Å². The first kappa shape index (κ1) is 16.9. The van der Waals surface area contributed by atoms with Crippen molar-refractivity contribution in [3.63, 3.8) is 0 Å². The smallest absolute Gasteiger partial charge is 0.0589 e. The van der Waals surface area contributed by atoms with Crippen molar-refractivity contribution < 1.29 is 4.74 Å². The summed E-state index contributed by atoms with van der Waals surface area (Å²) in [5.74, 6) is 0. The van der Waals surface area contributed by atoms with Gasteiger partial charge >= 0.3 is 0 Å². The van der Waals surface area contributed by atoms with Crippen molar-refractivity contribution in [3.05, 3.63) is 0 Å². The van der Waals surface area contributed by atoms with E-state index in [4.69, 9.17) is 10.5 Å². The van der Waals surface area contributed by atoms with Gasteiger partial charge in [0.05, 0.1) is 6.61 Å². The molecule has 0 aliphatic heterocycles. The minimum Gasteiger partial charge on any atom is -0.383 e. The molecule has 1 fully saturated rings. The molecule has 0 spiro atoms. The van der Waals surface area contributed by atoms with Gasteiger partial charge in [0, 0.05) is 31.8 Å². The van der Waals surface area contributed by atoms with Crippen LogP contribution in [0.3, 0.4) is 0 Å². The Balaban J connectivity index is 2.72. The molecule has 0 amide bonds. The summed E-state index contributed by atoms with van der Waals surface area (Å²) < 4.78 is 5.31. The van der Waals surface area contributed by atoms with Gasteiger partial charge in [-0.15, -0.1) is 0 Å². The summed E-state index contributed by atoms with van der Waals surface area (Å²) in [6.07, 6.45) is 10.3. The zero-order valence-corrected chi connectivity index (χ0v) is 13.2. The third-order valence-electron chi connectivity index (χ3n) is 4.67. The Morgan fingerprint density at radius 3 is 2.32 bits per heavy atom. The molecule has 0 heterocycles. The van der Waals surface area contributed by atoms with Crippen molar-refractivity contribution in [1.82, 2.24) is 4.90 Å². The van der Waals surface area contributed by atoms with Crippen LogP contribution in [0.5, 0.6) is 0 Å². The Morgan fingerprint density at radius 2 is 1.74 bits per heavy atom. The molecule has 1 saturated carbocycles. The van der Waals surface area contributed by atoms with Crippen LogP contribution in [0, 0.1) is 0 Å². The molecular formula is C16H34N2O. The molecule has 0 aromatic carbocycles. The van der Waals surface area contributed by atoms with E-state index in [-0.39, 0.29) is 0 Å². The molecule has 0 bridgehead atoms. The SMILES string of the molecule is CCC(CC)N(CCOC)C1CCCCCCC1N. The molecule has 1 aliphatic rings. The van der Waals surface area contributed by atoms with E-state index < -0.39 is 0 Å². The lowest BCUT2D eigenvalue weighted by molar-refractivity contribution is 0.0593. The molecule has 1 aliphatic carbocycles. The van der Waals surface area contributed by atoms with E-state index in [1.54, 1.807) is 7.11 Å². The molecule has 1 rings (SSSR count). The first-order chi connectivity index (χ1) is 9.24. The molecule has 2 N–H and O–H groups in total. The van der Waals surface area contributed by atoms with Gasteiger partial charge in [0.1, 0.15) is 0 Å². The monoisotopic (exact) mass is 270 g/mol. The van der Waals surface area contributed by atoms with E-state index in [0.29, 0.717) is 18.1 Å². The highest BCUT2D eigenvalue weighted by atomic mass is 16.5. The summed E-state index contributed by atoms with van der Waals surface area (Å²) >= 11 is 0. The number of methoxy groups -OCH3 is 1. The zero-order chi connectivity index (χ0) is 14.1. The van der Waals surface area contributed by atoms with Crippen LogP contribution in [-0.2, 0) is 4.74 Å². The van der Waals surface area contributed by atoms with Gasteiger partial charge in [-0.1, -0.05) is 39.5 Å². The van der Waals surface area contributed by atoms with Gasteiger partial charge in [0.25, 0.3) is 0 Å². The van der Waals surface area contributed by atoms with Crippen LogP contribution in [0.4, 0.5) is 0 Å². The molecule has 3 nitrogen and oxygen atoms in total. The summed E-state index contributed by atoms with van der Waals surface area (Å²) in [7, 11) is 1.79. The molecule has 2 atom stereocenters. The maximum Gasteiger partial charge on any atom is 0.0589 e. The molecule has 3 heteroatoms. The number of ether oxygens (including phenoxy) is 1. The number of hydrogen-bond donors (Lipinski definition) is 1. The van der Waals surface area contributed by atoms with Crippen LogP contribution in [0.15, 0.2) is 0 Å². The van der Waals surface area contributed by atoms with Crippen molar-refractivity contribution in [1.29, 1.82) is 0 Å². The van der Waals surface area contributed by atoms with Crippen LogP contribution < -0.4 is 5.73 Å². The van der Waals surface area contributed by atoms with Gasteiger partial charge in [0.2, 0.25) is 0 Å². The molecule has 19 heavy (non-hydrogen) atoms. The van der Waals surface area contributed by atoms with Gasteiger partial charge in [-0.25, -0.2) is 0 Å². The minimum atomic E-state index is 0.345. The van der Waals surface area contributed by atoms with Crippen molar-refractivity contribution in [2.24, 2.45) is 5.73 Å². The molecule has 0 aromatic rings. The summed E-state index contributed by atoms with van der Waals surface area (Å²) in [6.45, 7) is 6.44. The Morgan fingerprint density at radius 1 is 1.11 bits per heavy atom. The topological polar surface area (TPSA) is 38.5 Å². The lowest BCUT2D eigenvalue weighted by Gasteiger charge is -2.41. The highest BCUT2D eigenvalue weighted by Gasteiger charge is 2.29. The van der Waals surface area contributed by atoms with Crippen molar-refractivity contribution in [2.75, 3.05) is 20.3 Å². The number of hydrogen-bond acceptors (Lipinski definition) is 3. The number of nitrogens with zero attached hydrogens (tertiary/aromatic N) is 1. The van der Waals surface area contributed by atoms with Gasteiger partial charge < -0.3 is 10.5 Å². The lowest BCUT2D eigenvalue weighted by atomic mass is 9.90. The Hall–Kier alpha value is -0.120. The normalized spacial score (nSPS) is 25.6. The third-order valence-corrected chi connectivity index (χ3v) is 4.67. The predicted molar refractivity (Wildman–Crippen MR) is 82.4 cm³/mol. The Bertz CT molecular complexity index is 219. The van der Waals surface area contributed by atoms with E-state index in [9.17, 15) is 0 Å². The predicted octanol–water partition coefficient (Wildman–Crippen LogP) is 3.17. The van der Waals surface area contributed by atoms with E-state index in [2.05, 4.69) is 18.7 Å². The maximum atomic E-state index is 6.49. The second-order valence-electron chi connectivity index (χ2n) is 5.92. The largest absolute Gasteiger partial charge is 0.383 e. The second kappa shape index (κ2) is 9.73. The molecular weight excluding hydrogens is 236 g/mol. The van der Waals surface area contributed by atoms with Gasteiger partial charge in [-0.3, -0.25) is 4.90 Å². The maximum absolute atomic E-state index is 6.49. The highest BCUT2D eigenvalue weighted by Crippen LogP contribution is 2.24. The molecule has 0 saturated heterocycles. The average Bonchev–Trinajstić information content (AvgIpc) is 2.40. The number of rotatable bonds is 7. The molecule has 0 radical (unpaired) electrons. The Labute approximate surface area is 119 Å². The second-order valence-corrected chi connectivity index (χ2v) is 5.92. The fraction of sp³-hybridized carbons (Fsp3) is 1.00. The summed E-state index contributed by atoms with van der Waals surface area (Å²) in [6, 6.07) is 1.56. The first-order valence-electron chi connectivity index (χ1n) is 8.24. The third kappa shape index (κ3) is 5.41. The van der Waals surface area contributed by atoms with E-state index >= 15 is 0 Å². The van der Waals surface area contributed by atoms with Crippen LogP contribution in [0.25, 0.3) is 0 Å². The molecule has 0 aromatic heterocycles. The minimum absolute atomic E-state index is 0.345. The average molecular weight is 270 g/mol. The lowest BCUT2D eigenvalue weighted by Crippen LogP contribution is -2.53. The van der Waals surface area contributed by atoms with Crippen LogP contribution in [0.1, 0.15) is 65.2 Å². The fourth-order valence-corrected chi connectivity index (χ4v) is 3.48. The standard InChI is InChI=1S/C16H34N2O/c1-4-14(5-2)18(12-13-19-3)16-11-9-7-6-8-10-15(16)17/h14-16H,4-13,17H2,1-3H3. The van der Waals surface area contributed by atoms with Crippen LogP contribution >= 0.6 is 0 Å². The molecule has 2 unspecified atom stereocenters. The van der Waals surface area contributed by atoms with Crippen LogP contribution in [0.2, 0.25) is 0 Å². The molecule has 114 valence electrons. The zero-order valence-electron chi connectivity index (χ0n) is 13.2. The summed E-state index contributed by atoms with van der Waals surface area (Å²) in [5, 5.41) is 0. The van der Waals surface area contributed by atoms with Crippen molar-refractivity contribution >= 4 is 0 Å². The van der Waals surface area contributed by atoms with Crippen molar-refractivity contribution in [2.45, 2.75) is 83.3 Å². The van der Waals surface area contributed by atoms with Crippen molar-refractivity contribution in [3.8, 4) is 0 Å². The fourth-order valence-electron chi connectivity index (χ4n) is 3.48. The van der Waals surface area contributed by atoms with E-state index in [1.165, 1.54) is 51.4 Å². The van der Waals surface area contributed by atoms with E-state index in [1.807, 2.05) is 0 Å². The number of nitrogens with two attached hydrogens (primary N) is 1. The first-order valence-corrected chi connectivity index (χ1v) is 8.24. The van der Waals surface area contributed by atoms with Gasteiger partial charge in [-0.05, 0) is 25.7 Å². The highest BCUT2D eigenvalue weighted by molar-refractivity contribution is 4.87. The quantitative estimate of drug-likeness (QED) is 0.772. The summed E-state index contributed by atoms with van der Waals surface area (Å²) in [4.78, 5) is 2.65. The summed E-state index contributed by atoms with van der Waals surface area (Å²) in [5.41, 5.74) is 6.49.